The number of imidazole rings is 1. The minimum atomic E-state index is 0.559. The third-order valence-electron chi connectivity index (χ3n) is 3.07. The van der Waals surface area contributed by atoms with Crippen LogP contribution in [-0.4, -0.2) is 19.7 Å². The SMILES string of the molecule is Cc1c(-c2ccc3nc[nH]c3c2)c(N)nn1C. The number of benzene rings is 1. The molecule has 0 aliphatic heterocycles. The molecule has 0 radical (unpaired) electrons. The summed E-state index contributed by atoms with van der Waals surface area (Å²) in [5.41, 5.74) is 11.0. The molecule has 0 fully saturated rings. The zero-order valence-corrected chi connectivity index (χ0v) is 9.73. The van der Waals surface area contributed by atoms with Crippen molar-refractivity contribution in [1.29, 1.82) is 0 Å². The van der Waals surface area contributed by atoms with Crippen LogP contribution in [0.3, 0.4) is 0 Å². The van der Waals surface area contributed by atoms with Crippen molar-refractivity contribution < 1.29 is 0 Å². The highest BCUT2D eigenvalue weighted by molar-refractivity contribution is 5.85. The molecule has 17 heavy (non-hydrogen) atoms. The standard InChI is InChI=1S/C12H13N5/c1-7-11(12(13)16-17(7)2)8-3-4-9-10(5-8)15-6-14-9/h3-6H,1-2H3,(H2,13,16)(H,14,15). The van der Waals surface area contributed by atoms with Crippen LogP contribution in [0.4, 0.5) is 5.82 Å². The van der Waals surface area contributed by atoms with E-state index in [1.54, 1.807) is 11.0 Å². The molecule has 2 aromatic heterocycles. The van der Waals surface area contributed by atoms with Gasteiger partial charge in [0.05, 0.1) is 17.4 Å². The molecule has 5 nitrogen and oxygen atoms in total. The molecule has 3 rings (SSSR count). The summed E-state index contributed by atoms with van der Waals surface area (Å²) in [7, 11) is 1.89. The van der Waals surface area contributed by atoms with Crippen molar-refractivity contribution in [1.82, 2.24) is 19.7 Å². The predicted octanol–water partition coefficient (Wildman–Crippen LogP) is 1.85. The monoisotopic (exact) mass is 227 g/mol. The van der Waals surface area contributed by atoms with Crippen molar-refractivity contribution in [2.45, 2.75) is 6.92 Å². The average Bonchev–Trinajstić information content (AvgIpc) is 2.84. The molecule has 1 aromatic carbocycles. The molecule has 0 aliphatic rings. The van der Waals surface area contributed by atoms with Crippen LogP contribution in [-0.2, 0) is 7.05 Å². The van der Waals surface area contributed by atoms with Gasteiger partial charge in [0.15, 0.2) is 5.82 Å². The van der Waals surface area contributed by atoms with Crippen LogP contribution in [0.2, 0.25) is 0 Å². The fourth-order valence-corrected chi connectivity index (χ4v) is 2.08. The lowest BCUT2D eigenvalue weighted by Gasteiger charge is -2.02. The highest BCUT2D eigenvalue weighted by Crippen LogP contribution is 2.30. The third-order valence-corrected chi connectivity index (χ3v) is 3.07. The Morgan fingerprint density at radius 3 is 2.88 bits per heavy atom. The molecule has 0 saturated heterocycles. The number of aromatic nitrogens is 4. The Balaban J connectivity index is 2.26. The average molecular weight is 227 g/mol. The first kappa shape index (κ1) is 9.89. The van der Waals surface area contributed by atoms with E-state index in [4.69, 9.17) is 5.73 Å². The molecule has 0 amide bonds. The maximum absolute atomic E-state index is 5.94. The molecule has 0 aliphatic carbocycles. The number of hydrogen-bond donors (Lipinski definition) is 2. The predicted molar refractivity (Wildman–Crippen MR) is 67.4 cm³/mol. The van der Waals surface area contributed by atoms with E-state index < -0.39 is 0 Å². The summed E-state index contributed by atoms with van der Waals surface area (Å²) in [6.07, 6.45) is 1.69. The lowest BCUT2D eigenvalue weighted by molar-refractivity contribution is 0.744. The van der Waals surface area contributed by atoms with Crippen molar-refractivity contribution in [2.24, 2.45) is 7.05 Å². The number of nitrogen functional groups attached to an aromatic ring is 1. The first-order chi connectivity index (χ1) is 8.16. The van der Waals surface area contributed by atoms with E-state index in [1.807, 2.05) is 32.2 Å². The van der Waals surface area contributed by atoms with Crippen molar-refractivity contribution in [3.8, 4) is 11.1 Å². The van der Waals surface area contributed by atoms with Gasteiger partial charge in [-0.05, 0) is 24.6 Å². The van der Waals surface area contributed by atoms with Gasteiger partial charge in [0.25, 0.3) is 0 Å². The van der Waals surface area contributed by atoms with Crippen LogP contribution in [0, 0.1) is 6.92 Å². The number of hydrogen-bond acceptors (Lipinski definition) is 3. The van der Waals surface area contributed by atoms with Gasteiger partial charge in [-0.2, -0.15) is 5.10 Å². The van der Waals surface area contributed by atoms with E-state index in [2.05, 4.69) is 15.1 Å². The second-order valence-electron chi connectivity index (χ2n) is 4.10. The van der Waals surface area contributed by atoms with Crippen LogP contribution in [0.25, 0.3) is 22.2 Å². The Morgan fingerprint density at radius 1 is 1.35 bits per heavy atom. The maximum atomic E-state index is 5.94. The van der Waals surface area contributed by atoms with Gasteiger partial charge in [-0.1, -0.05) is 6.07 Å². The number of H-pyrrole nitrogens is 1. The van der Waals surface area contributed by atoms with Crippen LogP contribution >= 0.6 is 0 Å². The fourth-order valence-electron chi connectivity index (χ4n) is 2.08. The lowest BCUT2D eigenvalue weighted by atomic mass is 10.1. The summed E-state index contributed by atoms with van der Waals surface area (Å²) in [6.45, 7) is 2.01. The summed E-state index contributed by atoms with van der Waals surface area (Å²) in [4.78, 5) is 7.29. The first-order valence-corrected chi connectivity index (χ1v) is 5.39. The van der Waals surface area contributed by atoms with Gasteiger partial charge in [0.2, 0.25) is 0 Å². The van der Waals surface area contributed by atoms with E-state index in [9.17, 15) is 0 Å². The van der Waals surface area contributed by atoms with Crippen LogP contribution < -0.4 is 5.73 Å². The number of aromatic amines is 1. The van der Waals surface area contributed by atoms with E-state index in [-0.39, 0.29) is 0 Å². The van der Waals surface area contributed by atoms with E-state index in [1.165, 1.54) is 0 Å². The Kier molecular flexibility index (Phi) is 1.95. The van der Waals surface area contributed by atoms with Crippen molar-refractivity contribution >= 4 is 16.9 Å². The van der Waals surface area contributed by atoms with Gasteiger partial charge in [-0.15, -0.1) is 0 Å². The fraction of sp³-hybridized carbons (Fsp3) is 0.167. The van der Waals surface area contributed by atoms with E-state index in [0.29, 0.717) is 5.82 Å². The first-order valence-electron chi connectivity index (χ1n) is 5.39. The number of nitrogens with one attached hydrogen (secondary N) is 1. The Hall–Kier alpha value is -2.30. The van der Waals surface area contributed by atoms with E-state index in [0.717, 1.165) is 27.9 Å². The molecule has 86 valence electrons. The summed E-state index contributed by atoms with van der Waals surface area (Å²) < 4.78 is 1.79. The van der Waals surface area contributed by atoms with Gasteiger partial charge in [-0.25, -0.2) is 4.98 Å². The molecule has 3 N–H and O–H groups in total. The Morgan fingerprint density at radius 2 is 2.18 bits per heavy atom. The molecular weight excluding hydrogens is 214 g/mol. The van der Waals surface area contributed by atoms with Crippen molar-refractivity contribution in [3.63, 3.8) is 0 Å². The molecule has 0 atom stereocenters. The summed E-state index contributed by atoms with van der Waals surface area (Å²) in [6, 6.07) is 6.04. The van der Waals surface area contributed by atoms with E-state index >= 15 is 0 Å². The number of anilines is 1. The molecule has 0 bridgehead atoms. The van der Waals surface area contributed by atoms with Gasteiger partial charge in [0, 0.05) is 18.3 Å². The molecule has 0 unspecified atom stereocenters. The highest BCUT2D eigenvalue weighted by atomic mass is 15.3. The Labute approximate surface area is 98.3 Å². The number of nitrogens with zero attached hydrogens (tertiary/aromatic N) is 3. The maximum Gasteiger partial charge on any atom is 0.153 e. The zero-order chi connectivity index (χ0) is 12.0. The molecule has 0 saturated carbocycles. The minimum Gasteiger partial charge on any atom is -0.382 e. The number of aryl methyl sites for hydroxylation is 1. The van der Waals surface area contributed by atoms with Crippen LogP contribution in [0.15, 0.2) is 24.5 Å². The van der Waals surface area contributed by atoms with Crippen LogP contribution in [0.1, 0.15) is 5.69 Å². The third kappa shape index (κ3) is 1.39. The number of rotatable bonds is 1. The largest absolute Gasteiger partial charge is 0.382 e. The highest BCUT2D eigenvalue weighted by Gasteiger charge is 2.12. The summed E-state index contributed by atoms with van der Waals surface area (Å²) >= 11 is 0. The van der Waals surface area contributed by atoms with Gasteiger partial charge < -0.3 is 10.7 Å². The summed E-state index contributed by atoms with van der Waals surface area (Å²) in [5, 5.41) is 4.22. The van der Waals surface area contributed by atoms with Gasteiger partial charge in [0.1, 0.15) is 0 Å². The molecule has 2 heterocycles. The number of fused-ring (bicyclic) bond motifs is 1. The number of nitrogens with two attached hydrogens (primary N) is 1. The Bertz CT molecular complexity index is 692. The topological polar surface area (TPSA) is 72.5 Å². The minimum absolute atomic E-state index is 0.559. The molecule has 5 heteroatoms. The quantitative estimate of drug-likeness (QED) is 0.666. The molecular formula is C12H13N5. The van der Waals surface area contributed by atoms with Crippen molar-refractivity contribution in [3.05, 3.63) is 30.2 Å². The van der Waals surface area contributed by atoms with Crippen LogP contribution in [0.5, 0.6) is 0 Å². The van der Waals surface area contributed by atoms with Crippen molar-refractivity contribution in [2.75, 3.05) is 5.73 Å². The van der Waals surface area contributed by atoms with Gasteiger partial charge in [-0.3, -0.25) is 4.68 Å². The molecule has 0 spiro atoms. The smallest absolute Gasteiger partial charge is 0.153 e. The normalized spacial score (nSPS) is 11.2. The lowest BCUT2D eigenvalue weighted by Crippen LogP contribution is -1.93. The second-order valence-corrected chi connectivity index (χ2v) is 4.10. The molecule has 3 aromatic rings. The van der Waals surface area contributed by atoms with Gasteiger partial charge >= 0.3 is 0 Å². The summed E-state index contributed by atoms with van der Waals surface area (Å²) in [5.74, 6) is 0.559. The zero-order valence-electron chi connectivity index (χ0n) is 9.73. The second kappa shape index (κ2) is 3.35.